The third-order valence-electron chi connectivity index (χ3n) is 2.03. The number of nitrogens with one attached hydrogen (secondary N) is 1. The second kappa shape index (κ2) is 5.57. The maximum Gasteiger partial charge on any atom is 0.160 e. The highest BCUT2D eigenvalue weighted by molar-refractivity contribution is 6.35. The molecule has 1 aromatic carbocycles. The maximum atomic E-state index is 13.1. The van der Waals surface area contributed by atoms with Crippen LogP contribution in [0.4, 0.5) is 10.1 Å². The molecule has 1 nitrogen and oxygen atoms in total. The molecule has 1 rings (SSSR count). The summed E-state index contributed by atoms with van der Waals surface area (Å²) in [5.41, 5.74) is 0.757. The topological polar surface area (TPSA) is 12.0 Å². The minimum absolute atomic E-state index is 0.0505. The van der Waals surface area contributed by atoms with E-state index in [0.29, 0.717) is 5.92 Å². The van der Waals surface area contributed by atoms with Crippen molar-refractivity contribution in [1.29, 1.82) is 0 Å². The van der Waals surface area contributed by atoms with E-state index >= 15 is 0 Å². The van der Waals surface area contributed by atoms with Crippen molar-refractivity contribution in [2.24, 2.45) is 5.92 Å². The normalized spacial score (nSPS) is 10.8. The van der Waals surface area contributed by atoms with Crippen molar-refractivity contribution in [1.82, 2.24) is 0 Å². The van der Waals surface area contributed by atoms with Crippen LogP contribution in [0.2, 0.25) is 10.0 Å². The van der Waals surface area contributed by atoms with E-state index in [9.17, 15) is 4.39 Å². The minimum atomic E-state index is -0.562. The van der Waals surface area contributed by atoms with Gasteiger partial charge in [0.25, 0.3) is 0 Å². The van der Waals surface area contributed by atoms with Crippen molar-refractivity contribution in [2.45, 2.75) is 20.3 Å². The average Bonchev–Trinajstić information content (AvgIpc) is 2.13. The van der Waals surface area contributed by atoms with Gasteiger partial charge in [0, 0.05) is 12.2 Å². The molecule has 0 fully saturated rings. The third kappa shape index (κ3) is 3.88. The van der Waals surface area contributed by atoms with Crippen LogP contribution in [0.1, 0.15) is 20.3 Å². The SMILES string of the molecule is CC(C)CCNc1cc(Cl)c(F)c(Cl)c1. The standard InChI is InChI=1S/C11H14Cl2FN/c1-7(2)3-4-15-8-5-9(12)11(14)10(13)6-8/h5-7,15H,3-4H2,1-2H3. The Morgan fingerprint density at radius 3 is 2.27 bits per heavy atom. The predicted octanol–water partition coefficient (Wildman–Crippen LogP) is 4.59. The van der Waals surface area contributed by atoms with Crippen molar-refractivity contribution >= 4 is 28.9 Å². The van der Waals surface area contributed by atoms with E-state index in [1.165, 1.54) is 0 Å². The molecule has 0 saturated heterocycles. The first-order chi connectivity index (χ1) is 7.00. The second-order valence-corrected chi connectivity index (χ2v) is 4.68. The van der Waals surface area contributed by atoms with Crippen LogP contribution < -0.4 is 5.32 Å². The molecule has 1 aromatic rings. The zero-order valence-corrected chi connectivity index (χ0v) is 10.3. The molecule has 0 heterocycles. The van der Waals surface area contributed by atoms with E-state index < -0.39 is 5.82 Å². The van der Waals surface area contributed by atoms with Gasteiger partial charge in [-0.1, -0.05) is 37.0 Å². The van der Waals surface area contributed by atoms with E-state index in [-0.39, 0.29) is 10.0 Å². The highest BCUT2D eigenvalue weighted by Crippen LogP contribution is 2.27. The van der Waals surface area contributed by atoms with E-state index in [1.54, 1.807) is 12.1 Å². The molecule has 0 atom stereocenters. The molecule has 1 N–H and O–H groups in total. The van der Waals surface area contributed by atoms with Crippen LogP contribution in [0.15, 0.2) is 12.1 Å². The highest BCUT2D eigenvalue weighted by atomic mass is 35.5. The van der Waals surface area contributed by atoms with Crippen LogP contribution in [0.5, 0.6) is 0 Å². The highest BCUT2D eigenvalue weighted by Gasteiger charge is 2.07. The molecule has 0 unspecified atom stereocenters. The van der Waals surface area contributed by atoms with Gasteiger partial charge in [0.1, 0.15) is 0 Å². The monoisotopic (exact) mass is 249 g/mol. The third-order valence-corrected chi connectivity index (χ3v) is 2.58. The second-order valence-electron chi connectivity index (χ2n) is 3.86. The summed E-state index contributed by atoms with van der Waals surface area (Å²) in [4.78, 5) is 0. The molecule has 0 aliphatic rings. The lowest BCUT2D eigenvalue weighted by atomic mass is 10.1. The molecule has 0 aliphatic heterocycles. The summed E-state index contributed by atoms with van der Waals surface area (Å²) in [5, 5.41) is 3.25. The van der Waals surface area contributed by atoms with Gasteiger partial charge in [-0.3, -0.25) is 0 Å². The first kappa shape index (κ1) is 12.6. The van der Waals surface area contributed by atoms with Gasteiger partial charge in [-0.2, -0.15) is 0 Å². The summed E-state index contributed by atoms with van der Waals surface area (Å²) in [6, 6.07) is 3.09. The Labute approximate surface area is 99.6 Å². The van der Waals surface area contributed by atoms with Crippen molar-refractivity contribution in [2.75, 3.05) is 11.9 Å². The van der Waals surface area contributed by atoms with Crippen molar-refractivity contribution in [3.63, 3.8) is 0 Å². The van der Waals surface area contributed by atoms with Gasteiger partial charge in [0.2, 0.25) is 0 Å². The van der Waals surface area contributed by atoms with E-state index in [0.717, 1.165) is 18.7 Å². The number of anilines is 1. The zero-order valence-electron chi connectivity index (χ0n) is 8.78. The summed E-state index contributed by atoms with van der Waals surface area (Å²) >= 11 is 11.3. The molecule has 15 heavy (non-hydrogen) atoms. The first-order valence-electron chi connectivity index (χ1n) is 4.89. The lowest BCUT2D eigenvalue weighted by molar-refractivity contribution is 0.607. The van der Waals surface area contributed by atoms with Gasteiger partial charge in [0.05, 0.1) is 10.0 Å². The van der Waals surface area contributed by atoms with Crippen LogP contribution in [-0.4, -0.2) is 6.54 Å². The Morgan fingerprint density at radius 1 is 1.27 bits per heavy atom. The fourth-order valence-electron chi connectivity index (χ4n) is 1.16. The van der Waals surface area contributed by atoms with E-state index in [1.807, 2.05) is 0 Å². The van der Waals surface area contributed by atoms with E-state index in [4.69, 9.17) is 23.2 Å². The van der Waals surface area contributed by atoms with Gasteiger partial charge in [-0.05, 0) is 24.5 Å². The number of hydrogen-bond acceptors (Lipinski definition) is 1. The summed E-state index contributed by atoms with van der Waals surface area (Å²) in [5.74, 6) is 0.0663. The lowest BCUT2D eigenvalue weighted by Gasteiger charge is -2.09. The minimum Gasteiger partial charge on any atom is -0.385 e. The molecule has 84 valence electrons. The summed E-state index contributed by atoms with van der Waals surface area (Å²) in [7, 11) is 0. The van der Waals surface area contributed by atoms with Crippen LogP contribution in [0.25, 0.3) is 0 Å². The van der Waals surface area contributed by atoms with Crippen LogP contribution in [0, 0.1) is 11.7 Å². The summed E-state index contributed by atoms with van der Waals surface area (Å²) in [6.07, 6.45) is 1.05. The number of rotatable bonds is 4. The van der Waals surface area contributed by atoms with Crippen molar-refractivity contribution in [3.05, 3.63) is 28.0 Å². The van der Waals surface area contributed by atoms with Gasteiger partial charge in [-0.15, -0.1) is 0 Å². The fourth-order valence-corrected chi connectivity index (χ4v) is 1.65. The molecular weight excluding hydrogens is 236 g/mol. The number of benzene rings is 1. The molecule has 0 spiro atoms. The molecule has 0 amide bonds. The van der Waals surface area contributed by atoms with Gasteiger partial charge < -0.3 is 5.32 Å². The van der Waals surface area contributed by atoms with E-state index in [2.05, 4.69) is 19.2 Å². The zero-order chi connectivity index (χ0) is 11.4. The van der Waals surface area contributed by atoms with Crippen molar-refractivity contribution < 1.29 is 4.39 Å². The molecule has 0 aromatic heterocycles. The predicted molar refractivity (Wildman–Crippen MR) is 64.4 cm³/mol. The molecular formula is C11H14Cl2FN. The molecule has 4 heteroatoms. The summed E-state index contributed by atoms with van der Waals surface area (Å²) in [6.45, 7) is 5.12. The number of halogens is 3. The Balaban J connectivity index is 2.63. The molecule has 0 aliphatic carbocycles. The molecule has 0 radical (unpaired) electrons. The quantitative estimate of drug-likeness (QED) is 0.770. The Kier molecular flexibility index (Phi) is 4.68. The molecule has 0 saturated carbocycles. The summed E-state index contributed by atoms with van der Waals surface area (Å²) < 4.78 is 13.1. The first-order valence-corrected chi connectivity index (χ1v) is 5.64. The fraction of sp³-hybridized carbons (Fsp3) is 0.455. The Morgan fingerprint density at radius 2 is 1.80 bits per heavy atom. The Hall–Kier alpha value is -0.470. The lowest BCUT2D eigenvalue weighted by Crippen LogP contribution is -2.04. The Bertz CT molecular complexity index is 316. The van der Waals surface area contributed by atoms with Crippen LogP contribution in [-0.2, 0) is 0 Å². The maximum absolute atomic E-state index is 13.1. The van der Waals surface area contributed by atoms with Gasteiger partial charge >= 0.3 is 0 Å². The smallest absolute Gasteiger partial charge is 0.160 e. The van der Waals surface area contributed by atoms with Gasteiger partial charge in [0.15, 0.2) is 5.82 Å². The van der Waals surface area contributed by atoms with Gasteiger partial charge in [-0.25, -0.2) is 4.39 Å². The van der Waals surface area contributed by atoms with Crippen LogP contribution in [0.3, 0.4) is 0 Å². The molecule has 0 bridgehead atoms. The largest absolute Gasteiger partial charge is 0.385 e. The average molecular weight is 250 g/mol. The van der Waals surface area contributed by atoms with Crippen molar-refractivity contribution in [3.8, 4) is 0 Å². The number of hydrogen-bond donors (Lipinski definition) is 1. The van der Waals surface area contributed by atoms with Crippen LogP contribution >= 0.6 is 23.2 Å².